The normalized spacial score (nSPS) is 17.5. The van der Waals surface area contributed by atoms with Gasteiger partial charge in [-0.25, -0.2) is 9.97 Å². The molecule has 1 amide bonds. The first-order chi connectivity index (χ1) is 12.1. The van der Waals surface area contributed by atoms with Crippen molar-refractivity contribution in [2.45, 2.75) is 37.8 Å². The molecule has 1 aliphatic rings. The second-order valence-corrected chi connectivity index (χ2v) is 9.34. The number of carbonyl (C=O) groups is 1. The summed E-state index contributed by atoms with van der Waals surface area (Å²) < 4.78 is 0. The summed E-state index contributed by atoms with van der Waals surface area (Å²) in [4.78, 5) is 27.2. The van der Waals surface area contributed by atoms with E-state index >= 15 is 0 Å². The zero-order valence-corrected chi connectivity index (χ0v) is 16.6. The van der Waals surface area contributed by atoms with Crippen molar-refractivity contribution in [1.29, 1.82) is 0 Å². The van der Waals surface area contributed by atoms with E-state index in [0.717, 1.165) is 34.6 Å². The van der Waals surface area contributed by atoms with Crippen molar-refractivity contribution in [3.05, 3.63) is 39.2 Å². The third-order valence-electron chi connectivity index (χ3n) is 4.71. The van der Waals surface area contributed by atoms with Gasteiger partial charge >= 0.3 is 0 Å². The molecule has 4 nitrogen and oxygen atoms in total. The fraction of sp³-hybridized carbons (Fsp3) is 0.389. The smallest absolute Gasteiger partial charge is 0.233 e. The summed E-state index contributed by atoms with van der Waals surface area (Å²) in [5.74, 6) is 0.639. The van der Waals surface area contributed by atoms with Crippen LogP contribution in [0.25, 0.3) is 10.2 Å². The molecular formula is C18H19N3OS3. The molecular weight excluding hydrogens is 370 g/mol. The molecule has 0 radical (unpaired) electrons. The van der Waals surface area contributed by atoms with Crippen molar-refractivity contribution in [2.24, 2.45) is 0 Å². The van der Waals surface area contributed by atoms with E-state index in [1.807, 2.05) is 4.90 Å². The number of fused-ring (bicyclic) bond motifs is 1. The van der Waals surface area contributed by atoms with E-state index < -0.39 is 0 Å². The molecule has 1 atom stereocenters. The SMILES string of the molecule is Cc1sc2ncnc(SCC(=O)N3CCCC3c3cccs3)c2c1C. The highest BCUT2D eigenvalue weighted by Crippen LogP contribution is 2.37. The highest BCUT2D eigenvalue weighted by atomic mass is 32.2. The molecule has 0 aromatic carbocycles. The van der Waals surface area contributed by atoms with Crippen LogP contribution in [0, 0.1) is 13.8 Å². The van der Waals surface area contributed by atoms with Crippen molar-refractivity contribution in [3.63, 3.8) is 0 Å². The standard InChI is InChI=1S/C18H19N3OS3/c1-11-12(2)25-18-16(11)17(19-10-20-18)24-9-15(22)21-7-3-5-13(21)14-6-4-8-23-14/h4,6,8,10,13H,3,5,7,9H2,1-2H3. The van der Waals surface area contributed by atoms with Gasteiger partial charge in [0.1, 0.15) is 16.2 Å². The van der Waals surface area contributed by atoms with Gasteiger partial charge in [0.15, 0.2) is 0 Å². The van der Waals surface area contributed by atoms with Crippen LogP contribution in [0.1, 0.15) is 34.2 Å². The number of rotatable bonds is 4. The topological polar surface area (TPSA) is 46.1 Å². The van der Waals surface area contributed by atoms with Gasteiger partial charge in [-0.15, -0.1) is 22.7 Å². The number of thioether (sulfide) groups is 1. The Morgan fingerprint density at radius 2 is 2.28 bits per heavy atom. The van der Waals surface area contributed by atoms with Crippen molar-refractivity contribution < 1.29 is 4.79 Å². The summed E-state index contributed by atoms with van der Waals surface area (Å²) in [7, 11) is 0. The summed E-state index contributed by atoms with van der Waals surface area (Å²) in [6.45, 7) is 5.07. The number of aromatic nitrogens is 2. The van der Waals surface area contributed by atoms with Gasteiger partial charge in [-0.2, -0.15) is 0 Å². The minimum atomic E-state index is 0.206. The maximum absolute atomic E-state index is 12.8. The lowest BCUT2D eigenvalue weighted by Gasteiger charge is -2.23. The Morgan fingerprint density at radius 1 is 1.40 bits per heavy atom. The van der Waals surface area contributed by atoms with Gasteiger partial charge in [0, 0.05) is 21.7 Å². The molecule has 1 fully saturated rings. The lowest BCUT2D eigenvalue weighted by molar-refractivity contribution is -0.129. The maximum atomic E-state index is 12.8. The molecule has 0 saturated carbocycles. The number of carbonyl (C=O) groups excluding carboxylic acids is 1. The van der Waals surface area contributed by atoms with Crippen LogP contribution in [0.5, 0.6) is 0 Å². The Balaban J connectivity index is 1.51. The third-order valence-corrected chi connectivity index (χ3v) is 7.77. The molecule has 25 heavy (non-hydrogen) atoms. The molecule has 0 aliphatic carbocycles. The quantitative estimate of drug-likeness (QED) is 0.474. The number of likely N-dealkylation sites (tertiary alicyclic amines) is 1. The van der Waals surface area contributed by atoms with Crippen molar-refractivity contribution in [2.75, 3.05) is 12.3 Å². The second-order valence-electron chi connectivity index (χ2n) is 6.19. The first-order valence-corrected chi connectivity index (χ1v) is 11.0. The Labute approximate surface area is 159 Å². The molecule has 0 bridgehead atoms. The number of nitrogens with zero attached hydrogens (tertiary/aromatic N) is 3. The number of hydrogen-bond donors (Lipinski definition) is 0. The van der Waals surface area contributed by atoms with E-state index in [1.165, 1.54) is 27.1 Å². The predicted molar refractivity (Wildman–Crippen MR) is 106 cm³/mol. The Kier molecular flexibility index (Phi) is 4.80. The van der Waals surface area contributed by atoms with Gasteiger partial charge in [-0.3, -0.25) is 4.79 Å². The maximum Gasteiger partial charge on any atom is 0.233 e. The van der Waals surface area contributed by atoms with Crippen molar-refractivity contribution >= 4 is 50.6 Å². The Bertz CT molecular complexity index is 904. The number of hydrogen-bond acceptors (Lipinski definition) is 6. The Morgan fingerprint density at radius 3 is 3.08 bits per heavy atom. The van der Waals surface area contributed by atoms with Crippen LogP contribution < -0.4 is 0 Å². The molecule has 3 aromatic heterocycles. The van der Waals surface area contributed by atoms with Crippen LogP contribution in [0.15, 0.2) is 28.9 Å². The van der Waals surface area contributed by atoms with Crippen LogP contribution >= 0.6 is 34.4 Å². The van der Waals surface area contributed by atoms with Crippen LogP contribution in [0.2, 0.25) is 0 Å². The number of aryl methyl sites for hydroxylation is 2. The van der Waals surface area contributed by atoms with Crippen molar-refractivity contribution in [1.82, 2.24) is 14.9 Å². The van der Waals surface area contributed by atoms with E-state index in [9.17, 15) is 4.79 Å². The van der Waals surface area contributed by atoms with Crippen LogP contribution in [-0.4, -0.2) is 33.1 Å². The summed E-state index contributed by atoms with van der Waals surface area (Å²) in [6.07, 6.45) is 3.76. The van der Waals surface area contributed by atoms with Gasteiger partial charge < -0.3 is 4.90 Å². The van der Waals surface area contributed by atoms with E-state index in [1.54, 1.807) is 29.0 Å². The van der Waals surface area contributed by atoms with Crippen LogP contribution in [0.3, 0.4) is 0 Å². The van der Waals surface area contributed by atoms with Crippen LogP contribution in [-0.2, 0) is 4.79 Å². The first kappa shape index (κ1) is 17.0. The number of amides is 1. The molecule has 1 unspecified atom stereocenters. The molecule has 4 heterocycles. The average molecular weight is 390 g/mol. The Hall–Kier alpha value is -1.44. The van der Waals surface area contributed by atoms with E-state index in [4.69, 9.17) is 0 Å². The molecule has 0 N–H and O–H groups in total. The molecule has 1 aliphatic heterocycles. The highest BCUT2D eigenvalue weighted by molar-refractivity contribution is 8.00. The highest BCUT2D eigenvalue weighted by Gasteiger charge is 2.30. The average Bonchev–Trinajstić information content (AvgIpc) is 3.33. The fourth-order valence-electron chi connectivity index (χ4n) is 3.31. The van der Waals surface area contributed by atoms with Crippen molar-refractivity contribution in [3.8, 4) is 0 Å². The molecule has 3 aromatic rings. The lowest BCUT2D eigenvalue weighted by atomic mass is 10.2. The third kappa shape index (κ3) is 3.20. The van der Waals surface area contributed by atoms with Crippen LogP contribution in [0.4, 0.5) is 0 Å². The van der Waals surface area contributed by atoms with Gasteiger partial charge in [0.05, 0.1) is 11.8 Å². The van der Waals surface area contributed by atoms with E-state index in [0.29, 0.717) is 5.75 Å². The summed E-state index contributed by atoms with van der Waals surface area (Å²) in [5.41, 5.74) is 1.23. The zero-order chi connectivity index (χ0) is 17.4. The molecule has 0 spiro atoms. The second kappa shape index (κ2) is 7.05. The molecule has 130 valence electrons. The number of thiophene rings is 2. The zero-order valence-electron chi connectivity index (χ0n) is 14.2. The minimum absolute atomic E-state index is 0.206. The monoisotopic (exact) mass is 389 g/mol. The van der Waals surface area contributed by atoms with Gasteiger partial charge in [-0.1, -0.05) is 17.8 Å². The van der Waals surface area contributed by atoms with E-state index in [-0.39, 0.29) is 11.9 Å². The van der Waals surface area contributed by atoms with E-state index in [2.05, 4.69) is 41.3 Å². The lowest BCUT2D eigenvalue weighted by Crippen LogP contribution is -2.31. The summed E-state index contributed by atoms with van der Waals surface area (Å²) >= 11 is 4.97. The minimum Gasteiger partial charge on any atom is -0.334 e. The summed E-state index contributed by atoms with van der Waals surface area (Å²) in [6, 6.07) is 4.46. The van der Waals surface area contributed by atoms with Gasteiger partial charge in [0.2, 0.25) is 5.91 Å². The van der Waals surface area contributed by atoms with Gasteiger partial charge in [-0.05, 0) is 43.7 Å². The largest absolute Gasteiger partial charge is 0.334 e. The molecule has 4 rings (SSSR count). The van der Waals surface area contributed by atoms with Gasteiger partial charge in [0.25, 0.3) is 0 Å². The predicted octanol–water partition coefficient (Wildman–Crippen LogP) is 4.83. The fourth-order valence-corrected chi connectivity index (χ4v) is 6.19. The summed E-state index contributed by atoms with van der Waals surface area (Å²) in [5, 5.41) is 4.12. The first-order valence-electron chi connectivity index (χ1n) is 8.31. The molecule has 1 saturated heterocycles. The molecule has 7 heteroatoms.